The Morgan fingerprint density at radius 1 is 0.842 bits per heavy atom. The van der Waals surface area contributed by atoms with Crippen LogP contribution in [0.25, 0.3) is 0 Å². The molecule has 0 bridgehead atoms. The molecular weight excluding hydrogens is 275 g/mol. The first kappa shape index (κ1) is 13.1. The molecule has 0 radical (unpaired) electrons. The number of hydrogen-bond donors (Lipinski definition) is 1. The Morgan fingerprint density at radius 2 is 1.37 bits per heavy atom. The Labute approximate surface area is 119 Å². The third-order valence-electron chi connectivity index (χ3n) is 3.19. The predicted molar refractivity (Wildman–Crippen MR) is 83.1 cm³/mol. The second-order valence-corrected chi connectivity index (χ2v) is 9.77. The number of hydrogen-bond acceptors (Lipinski definition) is 3. The van der Waals surface area contributed by atoms with Gasteiger partial charge in [0.2, 0.25) is 0 Å². The van der Waals surface area contributed by atoms with Crippen molar-refractivity contribution in [2.45, 2.75) is 6.29 Å². The van der Waals surface area contributed by atoms with Crippen LogP contribution in [0.4, 0.5) is 0 Å². The Morgan fingerprint density at radius 3 is 1.95 bits per heavy atom. The number of ether oxygens (including phenoxy) is 2. The lowest BCUT2D eigenvalue weighted by Gasteiger charge is -2.30. The standard InChI is InChI=1S/C15H16O2PS/c19-18(14-9-5-2-6-10-14)11-16-15(17-12-18)13-7-3-1-4-8-13/h1-10,15,19H,11-12H2/q+1. The van der Waals surface area contributed by atoms with Gasteiger partial charge in [-0.1, -0.05) is 48.5 Å². The van der Waals surface area contributed by atoms with Gasteiger partial charge in [0.1, 0.15) is 5.30 Å². The van der Waals surface area contributed by atoms with Gasteiger partial charge in [0.25, 0.3) is 0 Å². The molecule has 2 nitrogen and oxygen atoms in total. The van der Waals surface area contributed by atoms with Crippen molar-refractivity contribution in [1.82, 2.24) is 0 Å². The monoisotopic (exact) mass is 291 g/mol. The average Bonchev–Trinajstić information content (AvgIpc) is 2.50. The van der Waals surface area contributed by atoms with Crippen LogP contribution in [-0.2, 0) is 9.47 Å². The van der Waals surface area contributed by atoms with Crippen LogP contribution < -0.4 is 5.30 Å². The lowest BCUT2D eigenvalue weighted by Crippen LogP contribution is -2.25. The van der Waals surface area contributed by atoms with Crippen molar-refractivity contribution in [2.75, 3.05) is 12.7 Å². The van der Waals surface area contributed by atoms with Gasteiger partial charge in [0.05, 0.1) is 0 Å². The van der Waals surface area contributed by atoms with E-state index < -0.39 is 6.46 Å². The molecule has 0 aliphatic carbocycles. The molecule has 1 aliphatic rings. The second kappa shape index (κ2) is 5.64. The van der Waals surface area contributed by atoms with Gasteiger partial charge in [-0.15, -0.1) is 0 Å². The molecule has 0 N–H and O–H groups in total. The molecule has 2 aromatic rings. The fourth-order valence-electron chi connectivity index (χ4n) is 2.12. The van der Waals surface area contributed by atoms with Crippen LogP contribution >= 0.6 is 18.7 Å². The quantitative estimate of drug-likeness (QED) is 0.669. The van der Waals surface area contributed by atoms with Gasteiger partial charge < -0.3 is 9.47 Å². The highest BCUT2D eigenvalue weighted by molar-refractivity contribution is 8.55. The minimum absolute atomic E-state index is 0.259. The summed E-state index contributed by atoms with van der Waals surface area (Å²) in [5, 5.41) is 1.24. The van der Waals surface area contributed by atoms with Crippen molar-refractivity contribution < 1.29 is 9.47 Å². The smallest absolute Gasteiger partial charge is 0.191 e. The van der Waals surface area contributed by atoms with Crippen molar-refractivity contribution in [1.29, 1.82) is 0 Å². The van der Waals surface area contributed by atoms with Crippen molar-refractivity contribution in [3.63, 3.8) is 0 Å². The largest absolute Gasteiger partial charge is 0.311 e. The van der Waals surface area contributed by atoms with Gasteiger partial charge in [-0.2, -0.15) is 0 Å². The summed E-state index contributed by atoms with van der Waals surface area (Å²) in [7, 11) is 0. The van der Waals surface area contributed by atoms with E-state index >= 15 is 0 Å². The van der Waals surface area contributed by atoms with Gasteiger partial charge in [-0.25, -0.2) is 0 Å². The Bertz CT molecular complexity index is 524. The van der Waals surface area contributed by atoms with E-state index in [1.807, 2.05) is 48.5 Å². The molecule has 0 saturated carbocycles. The summed E-state index contributed by atoms with van der Waals surface area (Å²) in [5.74, 6) is 0. The molecule has 1 saturated heterocycles. The molecule has 0 unspecified atom stereocenters. The summed E-state index contributed by atoms with van der Waals surface area (Å²) in [6.07, 6.45) is 1.05. The van der Waals surface area contributed by atoms with E-state index in [0.717, 1.165) is 5.56 Å². The summed E-state index contributed by atoms with van der Waals surface area (Å²) in [4.78, 5) is 0. The zero-order valence-corrected chi connectivity index (χ0v) is 12.3. The fraction of sp³-hybridized carbons (Fsp3) is 0.200. The lowest BCUT2D eigenvalue weighted by molar-refractivity contribution is -0.132. The molecule has 0 amide bonds. The first-order valence-corrected chi connectivity index (χ1v) is 9.53. The first-order valence-electron chi connectivity index (χ1n) is 6.21. The molecule has 0 spiro atoms. The van der Waals surface area contributed by atoms with Gasteiger partial charge in [0.15, 0.2) is 25.5 Å². The Hall–Kier alpha value is -0.860. The molecule has 19 heavy (non-hydrogen) atoms. The van der Waals surface area contributed by atoms with Crippen molar-refractivity contribution >= 4 is 24.0 Å². The van der Waals surface area contributed by atoms with Crippen molar-refractivity contribution in [3.05, 3.63) is 66.2 Å². The van der Waals surface area contributed by atoms with Crippen LogP contribution in [-0.4, -0.2) is 12.7 Å². The fourth-order valence-corrected chi connectivity index (χ4v) is 4.79. The molecular formula is C15H16O2PS+. The highest BCUT2D eigenvalue weighted by Crippen LogP contribution is 2.65. The van der Waals surface area contributed by atoms with Crippen molar-refractivity contribution in [2.24, 2.45) is 0 Å². The van der Waals surface area contributed by atoms with Gasteiger partial charge in [0, 0.05) is 17.8 Å². The lowest BCUT2D eigenvalue weighted by atomic mass is 10.2. The van der Waals surface area contributed by atoms with Crippen LogP contribution in [0, 0.1) is 0 Å². The molecule has 98 valence electrons. The number of benzene rings is 2. The topological polar surface area (TPSA) is 18.5 Å². The molecule has 1 aliphatic heterocycles. The minimum Gasteiger partial charge on any atom is -0.311 e. The highest BCUT2D eigenvalue weighted by Gasteiger charge is 2.43. The van der Waals surface area contributed by atoms with E-state index in [0.29, 0.717) is 12.7 Å². The van der Waals surface area contributed by atoms with E-state index in [1.54, 1.807) is 0 Å². The third-order valence-corrected chi connectivity index (χ3v) is 6.98. The maximum Gasteiger partial charge on any atom is 0.191 e. The number of rotatable bonds is 2. The summed E-state index contributed by atoms with van der Waals surface area (Å²) < 4.78 is 11.8. The molecule has 1 heterocycles. The van der Waals surface area contributed by atoms with Gasteiger partial charge >= 0.3 is 0 Å². The van der Waals surface area contributed by atoms with Gasteiger partial charge in [-0.05, 0) is 12.1 Å². The molecule has 1 fully saturated rings. The second-order valence-electron chi connectivity index (χ2n) is 4.59. The first-order chi connectivity index (χ1) is 9.28. The number of thiol groups is 1. The molecule has 0 aromatic heterocycles. The van der Waals surface area contributed by atoms with E-state index in [4.69, 9.17) is 21.7 Å². The maximum absolute atomic E-state index is 5.88. The van der Waals surface area contributed by atoms with Crippen LogP contribution in [0.2, 0.25) is 0 Å². The van der Waals surface area contributed by atoms with E-state index in [1.165, 1.54) is 5.30 Å². The minimum atomic E-state index is -1.62. The average molecular weight is 291 g/mol. The molecule has 0 atom stereocenters. The summed E-state index contributed by atoms with van der Waals surface area (Å²) in [6.45, 7) is -1.62. The van der Waals surface area contributed by atoms with Crippen LogP contribution in [0.1, 0.15) is 11.9 Å². The molecule has 4 heteroatoms. The summed E-state index contributed by atoms with van der Waals surface area (Å²) in [5.41, 5.74) is 1.06. The third kappa shape index (κ3) is 2.85. The maximum atomic E-state index is 5.88. The normalized spacial score (nSPS) is 27.1. The summed E-state index contributed by atoms with van der Waals surface area (Å²) in [6, 6.07) is 20.3. The molecule has 3 rings (SSSR count). The Balaban J connectivity index is 1.73. The van der Waals surface area contributed by atoms with Gasteiger partial charge in [-0.3, -0.25) is 0 Å². The Kier molecular flexibility index (Phi) is 3.90. The highest BCUT2D eigenvalue weighted by atomic mass is 32.7. The van der Waals surface area contributed by atoms with E-state index in [2.05, 4.69) is 12.1 Å². The molecule has 2 aromatic carbocycles. The van der Waals surface area contributed by atoms with E-state index in [-0.39, 0.29) is 6.29 Å². The van der Waals surface area contributed by atoms with Crippen LogP contribution in [0.15, 0.2) is 60.7 Å². The van der Waals surface area contributed by atoms with Crippen molar-refractivity contribution in [3.8, 4) is 0 Å². The van der Waals surface area contributed by atoms with Crippen LogP contribution in [0.5, 0.6) is 0 Å². The zero-order valence-electron chi connectivity index (χ0n) is 10.5. The predicted octanol–water partition coefficient (Wildman–Crippen LogP) is 3.83. The van der Waals surface area contributed by atoms with Crippen LogP contribution in [0.3, 0.4) is 0 Å². The zero-order chi connectivity index (χ0) is 13.1. The SMILES string of the molecule is S[P+]1(c2ccccc2)COC(c2ccccc2)OC1. The summed E-state index contributed by atoms with van der Waals surface area (Å²) >= 11 is 4.85. The van der Waals surface area contributed by atoms with E-state index in [9.17, 15) is 0 Å².